The van der Waals surface area contributed by atoms with Gasteiger partial charge in [-0.25, -0.2) is 9.97 Å². The van der Waals surface area contributed by atoms with Gasteiger partial charge in [0, 0.05) is 10.4 Å². The molecule has 0 aliphatic heterocycles. The second kappa shape index (κ2) is 5.11. The molecular formula is C17H19N3S. The number of thiophene rings is 1. The summed E-state index contributed by atoms with van der Waals surface area (Å²) in [5, 5.41) is 1.00. The zero-order valence-electron chi connectivity index (χ0n) is 12.8. The first-order valence-electron chi connectivity index (χ1n) is 7.11. The van der Waals surface area contributed by atoms with E-state index in [1.54, 1.807) is 11.3 Å². The summed E-state index contributed by atoms with van der Waals surface area (Å²) in [6, 6.07) is 8.41. The molecule has 2 aromatic heterocycles. The number of hydrogen-bond donors (Lipinski definition) is 1. The third-order valence-electron chi connectivity index (χ3n) is 3.89. The van der Waals surface area contributed by atoms with Gasteiger partial charge in [-0.15, -0.1) is 11.3 Å². The van der Waals surface area contributed by atoms with E-state index >= 15 is 0 Å². The number of anilines is 1. The lowest BCUT2D eigenvalue weighted by molar-refractivity contribution is 0.867. The van der Waals surface area contributed by atoms with E-state index in [2.05, 4.69) is 61.9 Å². The Labute approximate surface area is 128 Å². The number of nitrogens with two attached hydrogens (primary N) is 1. The van der Waals surface area contributed by atoms with E-state index in [-0.39, 0.29) is 0 Å². The molecule has 0 amide bonds. The molecule has 0 aliphatic rings. The number of rotatable bonds is 2. The van der Waals surface area contributed by atoms with Crippen LogP contribution in [0.5, 0.6) is 0 Å². The van der Waals surface area contributed by atoms with E-state index in [4.69, 9.17) is 5.73 Å². The van der Waals surface area contributed by atoms with E-state index in [1.807, 2.05) is 0 Å². The van der Waals surface area contributed by atoms with Gasteiger partial charge in [0.15, 0.2) is 5.82 Å². The summed E-state index contributed by atoms with van der Waals surface area (Å²) in [6.45, 7) is 8.54. The van der Waals surface area contributed by atoms with E-state index in [1.165, 1.54) is 16.0 Å². The van der Waals surface area contributed by atoms with Crippen LogP contribution in [0.2, 0.25) is 0 Å². The summed E-state index contributed by atoms with van der Waals surface area (Å²) >= 11 is 1.68. The molecule has 0 bridgehead atoms. The smallest absolute Gasteiger partial charge is 0.163 e. The Morgan fingerprint density at radius 2 is 1.71 bits per heavy atom. The predicted molar refractivity (Wildman–Crippen MR) is 90.8 cm³/mol. The fourth-order valence-corrected chi connectivity index (χ4v) is 3.46. The maximum Gasteiger partial charge on any atom is 0.163 e. The van der Waals surface area contributed by atoms with Crippen LogP contribution in [-0.2, 0) is 0 Å². The monoisotopic (exact) mass is 297 g/mol. The summed E-state index contributed by atoms with van der Waals surface area (Å²) in [7, 11) is 0. The molecule has 0 atom stereocenters. The SMILES string of the molecule is Cc1sc2nc(-c3ccc(C(C)C)cc3)nc(N)c2c1C. The molecule has 4 heteroatoms. The largest absolute Gasteiger partial charge is 0.383 e. The fourth-order valence-electron chi connectivity index (χ4n) is 2.43. The van der Waals surface area contributed by atoms with Crippen LogP contribution in [0, 0.1) is 13.8 Å². The Bertz CT molecular complexity index is 801. The van der Waals surface area contributed by atoms with Gasteiger partial charge in [-0.05, 0) is 30.9 Å². The number of fused-ring (bicyclic) bond motifs is 1. The molecule has 21 heavy (non-hydrogen) atoms. The Balaban J connectivity index is 2.12. The van der Waals surface area contributed by atoms with Gasteiger partial charge in [-0.1, -0.05) is 38.1 Å². The molecule has 0 spiro atoms. The van der Waals surface area contributed by atoms with Crippen LogP contribution in [0.1, 0.15) is 35.8 Å². The van der Waals surface area contributed by atoms with Gasteiger partial charge >= 0.3 is 0 Å². The molecule has 2 N–H and O–H groups in total. The van der Waals surface area contributed by atoms with Crippen molar-refractivity contribution in [3.05, 3.63) is 40.3 Å². The van der Waals surface area contributed by atoms with Crippen molar-refractivity contribution in [3.8, 4) is 11.4 Å². The number of aryl methyl sites for hydroxylation is 2. The number of nitrogen functional groups attached to an aromatic ring is 1. The molecule has 0 saturated heterocycles. The van der Waals surface area contributed by atoms with Gasteiger partial charge in [0.25, 0.3) is 0 Å². The second-order valence-electron chi connectivity index (χ2n) is 5.67. The van der Waals surface area contributed by atoms with Crippen molar-refractivity contribution >= 4 is 27.4 Å². The van der Waals surface area contributed by atoms with Gasteiger partial charge in [0.05, 0.1) is 5.39 Å². The molecule has 2 heterocycles. The van der Waals surface area contributed by atoms with Gasteiger partial charge in [0.2, 0.25) is 0 Å². The molecule has 3 nitrogen and oxygen atoms in total. The molecular weight excluding hydrogens is 278 g/mol. The number of hydrogen-bond acceptors (Lipinski definition) is 4. The normalized spacial score (nSPS) is 11.5. The van der Waals surface area contributed by atoms with E-state index < -0.39 is 0 Å². The van der Waals surface area contributed by atoms with Crippen LogP contribution in [0.3, 0.4) is 0 Å². The number of benzene rings is 1. The van der Waals surface area contributed by atoms with Crippen molar-refractivity contribution < 1.29 is 0 Å². The average Bonchev–Trinajstić information content (AvgIpc) is 2.74. The van der Waals surface area contributed by atoms with Gasteiger partial charge in [-0.2, -0.15) is 0 Å². The number of aromatic nitrogens is 2. The molecule has 108 valence electrons. The number of nitrogens with zero attached hydrogens (tertiary/aromatic N) is 2. The first kappa shape index (κ1) is 14.0. The highest BCUT2D eigenvalue weighted by atomic mass is 32.1. The highest BCUT2D eigenvalue weighted by molar-refractivity contribution is 7.18. The Morgan fingerprint density at radius 1 is 1.05 bits per heavy atom. The molecule has 0 aliphatic carbocycles. The highest BCUT2D eigenvalue weighted by Crippen LogP contribution is 2.33. The zero-order chi connectivity index (χ0) is 15.1. The van der Waals surface area contributed by atoms with Crippen molar-refractivity contribution in [2.24, 2.45) is 0 Å². The fraction of sp³-hybridized carbons (Fsp3) is 0.294. The van der Waals surface area contributed by atoms with Gasteiger partial charge in [0.1, 0.15) is 10.6 Å². The minimum Gasteiger partial charge on any atom is -0.383 e. The molecule has 0 unspecified atom stereocenters. The highest BCUT2D eigenvalue weighted by Gasteiger charge is 2.13. The Hall–Kier alpha value is -1.94. The van der Waals surface area contributed by atoms with Gasteiger partial charge < -0.3 is 5.73 Å². The standard InChI is InChI=1S/C17H19N3S/c1-9(2)12-5-7-13(8-6-12)16-19-15(18)14-10(3)11(4)21-17(14)20-16/h5-9H,1-4H3,(H2,18,19,20). The first-order chi connectivity index (χ1) is 9.97. The van der Waals surface area contributed by atoms with Crippen molar-refractivity contribution in [2.75, 3.05) is 5.73 Å². The van der Waals surface area contributed by atoms with Crippen molar-refractivity contribution in [1.29, 1.82) is 0 Å². The molecule has 0 radical (unpaired) electrons. The lowest BCUT2D eigenvalue weighted by Gasteiger charge is -2.07. The Morgan fingerprint density at radius 3 is 2.33 bits per heavy atom. The lowest BCUT2D eigenvalue weighted by Crippen LogP contribution is -1.97. The van der Waals surface area contributed by atoms with Crippen LogP contribution in [0.4, 0.5) is 5.82 Å². The average molecular weight is 297 g/mol. The van der Waals surface area contributed by atoms with Crippen molar-refractivity contribution in [2.45, 2.75) is 33.6 Å². The van der Waals surface area contributed by atoms with E-state index in [0.717, 1.165) is 15.8 Å². The quantitative estimate of drug-likeness (QED) is 0.747. The third-order valence-corrected chi connectivity index (χ3v) is 4.99. The summed E-state index contributed by atoms with van der Waals surface area (Å²) in [5.74, 6) is 1.80. The van der Waals surface area contributed by atoms with Crippen LogP contribution < -0.4 is 5.73 Å². The molecule has 0 saturated carbocycles. The van der Waals surface area contributed by atoms with Crippen LogP contribution in [0.25, 0.3) is 21.6 Å². The molecule has 0 fully saturated rings. The maximum absolute atomic E-state index is 6.14. The lowest BCUT2D eigenvalue weighted by atomic mass is 10.0. The first-order valence-corrected chi connectivity index (χ1v) is 7.92. The predicted octanol–water partition coefficient (Wildman–Crippen LogP) is 4.68. The minimum atomic E-state index is 0.523. The molecule has 3 aromatic rings. The van der Waals surface area contributed by atoms with E-state index in [9.17, 15) is 0 Å². The summed E-state index contributed by atoms with van der Waals surface area (Å²) in [6.07, 6.45) is 0. The Kier molecular flexibility index (Phi) is 3.41. The van der Waals surface area contributed by atoms with Crippen molar-refractivity contribution in [1.82, 2.24) is 9.97 Å². The van der Waals surface area contributed by atoms with Crippen LogP contribution in [0.15, 0.2) is 24.3 Å². The topological polar surface area (TPSA) is 51.8 Å². The van der Waals surface area contributed by atoms with Gasteiger partial charge in [-0.3, -0.25) is 0 Å². The third kappa shape index (κ3) is 2.40. The van der Waals surface area contributed by atoms with E-state index in [0.29, 0.717) is 17.6 Å². The summed E-state index contributed by atoms with van der Waals surface area (Å²) in [5.41, 5.74) is 9.66. The van der Waals surface area contributed by atoms with Crippen LogP contribution in [-0.4, -0.2) is 9.97 Å². The summed E-state index contributed by atoms with van der Waals surface area (Å²) in [4.78, 5) is 11.4. The van der Waals surface area contributed by atoms with Crippen molar-refractivity contribution in [3.63, 3.8) is 0 Å². The van der Waals surface area contributed by atoms with Crippen LogP contribution >= 0.6 is 11.3 Å². The maximum atomic E-state index is 6.14. The molecule has 1 aromatic carbocycles. The zero-order valence-corrected chi connectivity index (χ0v) is 13.6. The summed E-state index contributed by atoms with van der Waals surface area (Å²) < 4.78 is 0. The molecule has 3 rings (SSSR count). The second-order valence-corrected chi connectivity index (χ2v) is 6.88. The minimum absolute atomic E-state index is 0.523.